The largest absolute Gasteiger partial charge is 0.273 e. The molecule has 2 aliphatic rings. The smallest absolute Gasteiger partial charge is 0.266 e. The van der Waals surface area contributed by atoms with Crippen LogP contribution in [0.5, 0.6) is 0 Å². The van der Waals surface area contributed by atoms with Gasteiger partial charge in [0.1, 0.15) is 5.92 Å². The summed E-state index contributed by atoms with van der Waals surface area (Å²) in [5.74, 6) is -1.21. The fourth-order valence-corrected chi connectivity index (χ4v) is 4.13. The van der Waals surface area contributed by atoms with Crippen LogP contribution in [0.2, 0.25) is 0 Å². The standard InChI is InChI=1S/C23H19N3O3/c1-15-6-5-9-18(14-15)25-22(27)19-20(16-10-12-24-13-11-16)26(29-21(19)23(25)28)17-7-3-2-4-8-17/h2-14,19-21H,1H3/t19-,20+,21-/m0/s1. The highest BCUT2D eigenvalue weighted by atomic mass is 16.7. The molecule has 2 aromatic carbocycles. The Morgan fingerprint density at radius 3 is 2.31 bits per heavy atom. The summed E-state index contributed by atoms with van der Waals surface area (Å²) in [6.45, 7) is 1.93. The highest BCUT2D eigenvalue weighted by Crippen LogP contribution is 2.47. The van der Waals surface area contributed by atoms with Gasteiger partial charge in [-0.15, -0.1) is 0 Å². The number of hydroxylamine groups is 1. The van der Waals surface area contributed by atoms with E-state index in [1.807, 2.05) is 67.6 Å². The molecule has 6 heteroatoms. The first kappa shape index (κ1) is 17.6. The Kier molecular flexibility index (Phi) is 4.14. The fraction of sp³-hybridized carbons (Fsp3) is 0.174. The number of benzene rings is 2. The molecule has 2 amide bonds. The zero-order chi connectivity index (χ0) is 20.0. The third-order valence-electron chi connectivity index (χ3n) is 5.43. The maximum atomic E-state index is 13.5. The van der Waals surface area contributed by atoms with Crippen LogP contribution in [-0.4, -0.2) is 22.9 Å². The van der Waals surface area contributed by atoms with Crippen LogP contribution >= 0.6 is 0 Å². The second-order valence-electron chi connectivity index (χ2n) is 7.29. The number of hydrogen-bond acceptors (Lipinski definition) is 5. The Balaban J connectivity index is 1.59. The van der Waals surface area contributed by atoms with Gasteiger partial charge in [-0.05, 0) is 54.4 Å². The van der Waals surface area contributed by atoms with Crippen molar-refractivity contribution in [2.75, 3.05) is 9.96 Å². The van der Waals surface area contributed by atoms with Crippen molar-refractivity contribution in [3.8, 4) is 0 Å². The summed E-state index contributed by atoms with van der Waals surface area (Å²) in [7, 11) is 0. The minimum absolute atomic E-state index is 0.245. The first-order valence-electron chi connectivity index (χ1n) is 9.50. The summed E-state index contributed by atoms with van der Waals surface area (Å²) >= 11 is 0. The molecule has 2 saturated heterocycles. The van der Waals surface area contributed by atoms with Crippen LogP contribution in [0.4, 0.5) is 11.4 Å². The van der Waals surface area contributed by atoms with Crippen LogP contribution in [-0.2, 0) is 14.4 Å². The number of amides is 2. The van der Waals surface area contributed by atoms with Gasteiger partial charge in [0.2, 0.25) is 5.91 Å². The summed E-state index contributed by atoms with van der Waals surface area (Å²) < 4.78 is 0. The Morgan fingerprint density at radius 1 is 0.862 bits per heavy atom. The molecule has 2 fully saturated rings. The zero-order valence-electron chi connectivity index (χ0n) is 15.8. The van der Waals surface area contributed by atoms with Crippen LogP contribution in [0, 0.1) is 12.8 Å². The van der Waals surface area contributed by atoms with E-state index in [2.05, 4.69) is 4.98 Å². The van der Waals surface area contributed by atoms with Crippen molar-refractivity contribution in [3.05, 3.63) is 90.3 Å². The number of para-hydroxylation sites is 1. The van der Waals surface area contributed by atoms with Gasteiger partial charge in [0.15, 0.2) is 6.10 Å². The molecule has 2 aliphatic heterocycles. The summed E-state index contributed by atoms with van der Waals surface area (Å²) in [6.07, 6.45) is 2.51. The van der Waals surface area contributed by atoms with Gasteiger partial charge in [-0.25, -0.2) is 9.96 Å². The van der Waals surface area contributed by atoms with E-state index in [-0.39, 0.29) is 11.8 Å². The predicted molar refractivity (Wildman–Crippen MR) is 108 cm³/mol. The van der Waals surface area contributed by atoms with E-state index < -0.39 is 18.1 Å². The van der Waals surface area contributed by atoms with E-state index in [0.717, 1.165) is 16.8 Å². The lowest BCUT2D eigenvalue weighted by atomic mass is 9.91. The minimum Gasteiger partial charge on any atom is -0.273 e. The lowest BCUT2D eigenvalue weighted by molar-refractivity contribution is -0.126. The molecule has 1 aromatic heterocycles. The van der Waals surface area contributed by atoms with E-state index in [1.165, 1.54) is 4.90 Å². The number of pyridine rings is 1. The molecule has 3 atom stereocenters. The van der Waals surface area contributed by atoms with Crippen LogP contribution in [0.25, 0.3) is 0 Å². The van der Waals surface area contributed by atoms with E-state index >= 15 is 0 Å². The molecule has 0 unspecified atom stereocenters. The lowest BCUT2D eigenvalue weighted by Crippen LogP contribution is -2.37. The number of nitrogens with zero attached hydrogens (tertiary/aromatic N) is 3. The maximum absolute atomic E-state index is 13.5. The minimum atomic E-state index is -0.860. The molecule has 0 N–H and O–H groups in total. The van der Waals surface area contributed by atoms with Gasteiger partial charge in [-0.3, -0.25) is 19.4 Å². The Labute approximate surface area is 168 Å². The molecule has 0 spiro atoms. The van der Waals surface area contributed by atoms with Crippen LogP contribution in [0.3, 0.4) is 0 Å². The molecular formula is C23H19N3O3. The number of aryl methyl sites for hydroxylation is 1. The number of aromatic nitrogens is 1. The second kappa shape index (κ2) is 6.83. The maximum Gasteiger partial charge on any atom is 0.266 e. The van der Waals surface area contributed by atoms with E-state index in [4.69, 9.17) is 4.84 Å². The van der Waals surface area contributed by atoms with Crippen LogP contribution in [0.1, 0.15) is 17.2 Å². The summed E-state index contributed by atoms with van der Waals surface area (Å²) in [5.41, 5.74) is 3.24. The van der Waals surface area contributed by atoms with E-state index in [9.17, 15) is 9.59 Å². The van der Waals surface area contributed by atoms with Gasteiger partial charge < -0.3 is 0 Å². The molecule has 3 heterocycles. The SMILES string of the molecule is Cc1cccc(N2C(=O)[C@@H]3[C@H](ON(c4ccccc4)[C@@H]3c3ccncc3)C2=O)c1. The van der Waals surface area contributed by atoms with Gasteiger partial charge >= 0.3 is 0 Å². The topological polar surface area (TPSA) is 62.7 Å². The first-order chi connectivity index (χ1) is 14.1. The van der Waals surface area contributed by atoms with E-state index in [1.54, 1.807) is 23.5 Å². The molecule has 0 bridgehead atoms. The molecular weight excluding hydrogens is 366 g/mol. The van der Waals surface area contributed by atoms with Gasteiger partial charge in [-0.1, -0.05) is 30.3 Å². The van der Waals surface area contributed by atoms with Gasteiger partial charge in [0, 0.05) is 12.4 Å². The van der Waals surface area contributed by atoms with Crippen molar-refractivity contribution in [1.82, 2.24) is 4.98 Å². The van der Waals surface area contributed by atoms with E-state index in [0.29, 0.717) is 5.69 Å². The fourth-order valence-electron chi connectivity index (χ4n) is 4.13. The van der Waals surface area contributed by atoms with Crippen molar-refractivity contribution in [2.24, 2.45) is 5.92 Å². The highest BCUT2D eigenvalue weighted by Gasteiger charge is 2.60. The molecule has 0 aliphatic carbocycles. The number of hydrogen-bond donors (Lipinski definition) is 0. The van der Waals surface area contributed by atoms with Crippen molar-refractivity contribution in [2.45, 2.75) is 19.1 Å². The number of anilines is 2. The van der Waals surface area contributed by atoms with Gasteiger partial charge in [0.05, 0.1) is 17.4 Å². The Morgan fingerprint density at radius 2 is 1.59 bits per heavy atom. The number of carbonyl (C=O) groups excluding carboxylic acids is 2. The van der Waals surface area contributed by atoms with Crippen LogP contribution in [0.15, 0.2) is 79.1 Å². The van der Waals surface area contributed by atoms with Gasteiger partial charge in [-0.2, -0.15) is 0 Å². The quantitative estimate of drug-likeness (QED) is 0.647. The zero-order valence-corrected chi connectivity index (χ0v) is 15.8. The summed E-state index contributed by atoms with van der Waals surface area (Å²) in [5, 5.41) is 1.69. The first-order valence-corrected chi connectivity index (χ1v) is 9.50. The van der Waals surface area contributed by atoms with Gasteiger partial charge in [0.25, 0.3) is 5.91 Å². The Bertz CT molecular complexity index is 1070. The predicted octanol–water partition coefficient (Wildman–Crippen LogP) is 3.44. The average Bonchev–Trinajstić information content (AvgIpc) is 3.26. The van der Waals surface area contributed by atoms with Crippen molar-refractivity contribution in [1.29, 1.82) is 0 Å². The number of fused-ring (bicyclic) bond motifs is 1. The number of rotatable bonds is 3. The number of imide groups is 1. The monoisotopic (exact) mass is 385 g/mol. The Hall–Kier alpha value is -3.51. The molecule has 6 nitrogen and oxygen atoms in total. The lowest BCUT2D eigenvalue weighted by Gasteiger charge is -2.28. The third-order valence-corrected chi connectivity index (χ3v) is 5.43. The molecule has 29 heavy (non-hydrogen) atoms. The molecule has 3 aromatic rings. The third kappa shape index (κ3) is 2.80. The van der Waals surface area contributed by atoms with Crippen LogP contribution < -0.4 is 9.96 Å². The van der Waals surface area contributed by atoms with Crippen molar-refractivity contribution < 1.29 is 14.4 Å². The number of carbonyl (C=O) groups is 2. The molecule has 0 radical (unpaired) electrons. The normalized spacial score (nSPS) is 23.6. The van der Waals surface area contributed by atoms with Crippen molar-refractivity contribution in [3.63, 3.8) is 0 Å². The van der Waals surface area contributed by atoms with Crippen molar-refractivity contribution >= 4 is 23.2 Å². The molecule has 144 valence electrons. The summed E-state index contributed by atoms with van der Waals surface area (Å²) in [4.78, 5) is 38.1. The summed E-state index contributed by atoms with van der Waals surface area (Å²) in [6, 6.07) is 20.2. The molecule has 0 saturated carbocycles. The second-order valence-corrected chi connectivity index (χ2v) is 7.29. The molecule has 5 rings (SSSR count). The highest BCUT2D eigenvalue weighted by molar-refractivity contribution is 6.23. The average molecular weight is 385 g/mol.